The van der Waals surface area contributed by atoms with Crippen molar-refractivity contribution in [1.82, 2.24) is 9.88 Å². The molecule has 3 nitrogen and oxygen atoms in total. The Morgan fingerprint density at radius 3 is 3.12 bits per heavy atom. The maximum atomic E-state index is 5.54. The van der Waals surface area contributed by atoms with Crippen LogP contribution in [0.2, 0.25) is 0 Å². The van der Waals surface area contributed by atoms with Gasteiger partial charge in [-0.25, -0.2) is 0 Å². The van der Waals surface area contributed by atoms with E-state index in [1.807, 2.05) is 0 Å². The van der Waals surface area contributed by atoms with Gasteiger partial charge in [0, 0.05) is 37.1 Å². The number of rotatable bonds is 4. The minimum absolute atomic E-state index is 0.154. The van der Waals surface area contributed by atoms with Crippen LogP contribution < -0.4 is 5.32 Å². The van der Waals surface area contributed by atoms with E-state index in [2.05, 4.69) is 42.1 Å². The molecule has 2 heterocycles. The van der Waals surface area contributed by atoms with Gasteiger partial charge >= 0.3 is 0 Å². The number of nitrogens with one attached hydrogen (secondary N) is 1. The average molecular weight is 222 g/mol. The maximum absolute atomic E-state index is 5.54. The zero-order chi connectivity index (χ0) is 11.4. The second-order valence-corrected chi connectivity index (χ2v) is 4.86. The summed E-state index contributed by atoms with van der Waals surface area (Å²) in [5.74, 6) is 0. The van der Waals surface area contributed by atoms with E-state index in [-0.39, 0.29) is 5.54 Å². The van der Waals surface area contributed by atoms with Crippen molar-refractivity contribution in [3.63, 3.8) is 0 Å². The highest BCUT2D eigenvalue weighted by Crippen LogP contribution is 2.19. The van der Waals surface area contributed by atoms with E-state index in [4.69, 9.17) is 4.74 Å². The number of aryl methyl sites for hydroxylation is 1. The van der Waals surface area contributed by atoms with Gasteiger partial charge in [-0.2, -0.15) is 0 Å². The first-order valence-electron chi connectivity index (χ1n) is 6.20. The zero-order valence-electron chi connectivity index (χ0n) is 10.3. The van der Waals surface area contributed by atoms with Crippen molar-refractivity contribution < 1.29 is 4.74 Å². The van der Waals surface area contributed by atoms with Crippen LogP contribution in [0.3, 0.4) is 0 Å². The molecule has 1 atom stereocenters. The molecule has 0 amide bonds. The highest BCUT2D eigenvalue weighted by molar-refractivity contribution is 5.07. The molecule has 1 aromatic rings. The van der Waals surface area contributed by atoms with Gasteiger partial charge in [0.2, 0.25) is 0 Å². The van der Waals surface area contributed by atoms with Gasteiger partial charge in [-0.3, -0.25) is 0 Å². The van der Waals surface area contributed by atoms with Crippen molar-refractivity contribution in [1.29, 1.82) is 0 Å². The fraction of sp³-hybridized carbons (Fsp3) is 0.692. The van der Waals surface area contributed by atoms with Crippen molar-refractivity contribution in [3.8, 4) is 0 Å². The van der Waals surface area contributed by atoms with Crippen molar-refractivity contribution in [2.24, 2.45) is 0 Å². The molecule has 0 spiro atoms. The van der Waals surface area contributed by atoms with Crippen LogP contribution in [0.1, 0.15) is 32.4 Å². The Labute approximate surface area is 97.8 Å². The molecule has 1 unspecified atom stereocenters. The molecule has 0 saturated carbocycles. The monoisotopic (exact) mass is 222 g/mol. The first kappa shape index (κ1) is 11.7. The Kier molecular flexibility index (Phi) is 3.66. The Morgan fingerprint density at radius 2 is 2.44 bits per heavy atom. The van der Waals surface area contributed by atoms with Gasteiger partial charge < -0.3 is 14.6 Å². The first-order chi connectivity index (χ1) is 7.73. The maximum Gasteiger partial charge on any atom is 0.0645 e. The van der Waals surface area contributed by atoms with Crippen LogP contribution in [0.25, 0.3) is 0 Å². The van der Waals surface area contributed by atoms with Gasteiger partial charge in [-0.15, -0.1) is 0 Å². The predicted octanol–water partition coefficient (Wildman–Crippen LogP) is 2.17. The molecule has 1 aromatic heterocycles. The third kappa shape index (κ3) is 2.66. The van der Waals surface area contributed by atoms with E-state index in [9.17, 15) is 0 Å². The number of hydrogen-bond donors (Lipinski definition) is 1. The normalized spacial score (nSPS) is 25.9. The highest BCUT2D eigenvalue weighted by atomic mass is 16.5. The van der Waals surface area contributed by atoms with Crippen LogP contribution >= 0.6 is 0 Å². The molecule has 0 aromatic carbocycles. The van der Waals surface area contributed by atoms with Gasteiger partial charge in [-0.05, 0) is 38.8 Å². The van der Waals surface area contributed by atoms with Crippen LogP contribution in [0.15, 0.2) is 18.3 Å². The molecule has 1 aliphatic heterocycles. The predicted molar refractivity (Wildman–Crippen MR) is 65.4 cm³/mol. The van der Waals surface area contributed by atoms with E-state index in [1.165, 1.54) is 12.1 Å². The fourth-order valence-corrected chi connectivity index (χ4v) is 2.30. The summed E-state index contributed by atoms with van der Waals surface area (Å²) in [7, 11) is 0. The SMILES string of the molecule is CCn1cccc1CNC1(C)CCCOC1. The summed E-state index contributed by atoms with van der Waals surface area (Å²) in [6.07, 6.45) is 4.51. The number of nitrogens with zero attached hydrogens (tertiary/aromatic N) is 1. The smallest absolute Gasteiger partial charge is 0.0645 e. The largest absolute Gasteiger partial charge is 0.380 e. The standard InChI is InChI=1S/C13H22N2O/c1-3-15-8-4-6-12(15)10-14-13(2)7-5-9-16-11-13/h4,6,8,14H,3,5,7,9-11H2,1-2H3. The summed E-state index contributed by atoms with van der Waals surface area (Å²) in [4.78, 5) is 0. The van der Waals surface area contributed by atoms with E-state index < -0.39 is 0 Å². The Hall–Kier alpha value is -0.800. The highest BCUT2D eigenvalue weighted by Gasteiger charge is 2.26. The Morgan fingerprint density at radius 1 is 1.56 bits per heavy atom. The molecule has 2 rings (SSSR count). The topological polar surface area (TPSA) is 26.2 Å². The molecular weight excluding hydrogens is 200 g/mol. The molecule has 3 heteroatoms. The minimum atomic E-state index is 0.154. The van der Waals surface area contributed by atoms with Gasteiger partial charge in [0.25, 0.3) is 0 Å². The number of ether oxygens (including phenoxy) is 1. The molecule has 1 fully saturated rings. The lowest BCUT2D eigenvalue weighted by Crippen LogP contribution is -2.48. The van der Waals surface area contributed by atoms with Crippen LogP contribution in [0, 0.1) is 0 Å². The minimum Gasteiger partial charge on any atom is -0.380 e. The molecule has 1 saturated heterocycles. The summed E-state index contributed by atoms with van der Waals surface area (Å²) in [6.45, 7) is 8.15. The molecule has 0 bridgehead atoms. The van der Waals surface area contributed by atoms with Crippen LogP contribution in [-0.4, -0.2) is 23.3 Å². The third-order valence-electron chi connectivity index (χ3n) is 3.40. The van der Waals surface area contributed by atoms with Crippen molar-refractivity contribution in [2.45, 2.75) is 45.3 Å². The summed E-state index contributed by atoms with van der Waals surface area (Å²) in [5.41, 5.74) is 1.51. The second-order valence-electron chi connectivity index (χ2n) is 4.86. The molecular formula is C13H22N2O. The molecule has 1 aliphatic rings. The molecule has 0 radical (unpaired) electrons. The Balaban J connectivity index is 1.91. The van der Waals surface area contributed by atoms with Gasteiger partial charge in [-0.1, -0.05) is 0 Å². The number of aromatic nitrogens is 1. The van der Waals surface area contributed by atoms with Crippen molar-refractivity contribution >= 4 is 0 Å². The summed E-state index contributed by atoms with van der Waals surface area (Å²) < 4.78 is 7.82. The summed E-state index contributed by atoms with van der Waals surface area (Å²) in [5, 5.41) is 3.63. The summed E-state index contributed by atoms with van der Waals surface area (Å²) in [6, 6.07) is 4.30. The van der Waals surface area contributed by atoms with Crippen molar-refractivity contribution in [3.05, 3.63) is 24.0 Å². The Bertz CT molecular complexity index is 326. The third-order valence-corrected chi connectivity index (χ3v) is 3.40. The van der Waals surface area contributed by atoms with E-state index in [1.54, 1.807) is 0 Å². The lowest BCUT2D eigenvalue weighted by Gasteiger charge is -2.34. The summed E-state index contributed by atoms with van der Waals surface area (Å²) >= 11 is 0. The van der Waals surface area contributed by atoms with E-state index >= 15 is 0 Å². The molecule has 1 N–H and O–H groups in total. The van der Waals surface area contributed by atoms with E-state index in [0.29, 0.717) is 0 Å². The molecule has 0 aliphatic carbocycles. The fourth-order valence-electron chi connectivity index (χ4n) is 2.30. The molecule has 16 heavy (non-hydrogen) atoms. The van der Waals surface area contributed by atoms with Crippen LogP contribution in [0.4, 0.5) is 0 Å². The average Bonchev–Trinajstić information content (AvgIpc) is 2.75. The lowest BCUT2D eigenvalue weighted by molar-refractivity contribution is 0.0275. The van der Waals surface area contributed by atoms with Gasteiger partial charge in [0.1, 0.15) is 0 Å². The first-order valence-corrected chi connectivity index (χ1v) is 6.20. The van der Waals surface area contributed by atoms with Gasteiger partial charge in [0.05, 0.1) is 6.61 Å². The van der Waals surface area contributed by atoms with Crippen molar-refractivity contribution in [2.75, 3.05) is 13.2 Å². The van der Waals surface area contributed by atoms with E-state index in [0.717, 1.165) is 32.7 Å². The number of hydrogen-bond acceptors (Lipinski definition) is 2. The quantitative estimate of drug-likeness (QED) is 0.845. The van der Waals surface area contributed by atoms with Gasteiger partial charge in [0.15, 0.2) is 0 Å². The molecule has 90 valence electrons. The lowest BCUT2D eigenvalue weighted by atomic mass is 9.95. The van der Waals surface area contributed by atoms with Crippen LogP contribution in [-0.2, 0) is 17.8 Å². The zero-order valence-corrected chi connectivity index (χ0v) is 10.3. The van der Waals surface area contributed by atoms with Crippen LogP contribution in [0.5, 0.6) is 0 Å². The second kappa shape index (κ2) is 5.02.